The van der Waals surface area contributed by atoms with Crippen LogP contribution in [0.1, 0.15) is 23.5 Å². The molecule has 132 valence electrons. The highest BCUT2D eigenvalue weighted by Gasteiger charge is 2.22. The van der Waals surface area contributed by atoms with Crippen LogP contribution in [0.25, 0.3) is 0 Å². The zero-order chi connectivity index (χ0) is 18.4. The molecule has 2 aromatic rings. The maximum Gasteiger partial charge on any atom is 0.350 e. The van der Waals surface area contributed by atoms with E-state index in [0.29, 0.717) is 17.0 Å². The maximum absolute atomic E-state index is 11.7. The van der Waals surface area contributed by atoms with Gasteiger partial charge >= 0.3 is 11.0 Å². The van der Waals surface area contributed by atoms with Crippen LogP contribution in [0.15, 0.2) is 40.6 Å². The Morgan fingerprint density at radius 1 is 1.24 bits per heavy atom. The Hall–Kier alpha value is -2.81. The number of thiophene rings is 1. The zero-order valence-corrected chi connectivity index (χ0v) is 14.9. The number of rotatable bonds is 7. The maximum atomic E-state index is 11.7. The first-order valence-electron chi connectivity index (χ1n) is 7.63. The van der Waals surface area contributed by atoms with Crippen molar-refractivity contribution in [1.29, 1.82) is 0 Å². The van der Waals surface area contributed by atoms with E-state index in [0.717, 1.165) is 18.8 Å². The van der Waals surface area contributed by atoms with Crippen LogP contribution in [0.3, 0.4) is 0 Å². The van der Waals surface area contributed by atoms with E-state index in [2.05, 4.69) is 33.7 Å². The van der Waals surface area contributed by atoms with Crippen LogP contribution in [0, 0.1) is 10.1 Å². The van der Waals surface area contributed by atoms with E-state index < -0.39 is 10.9 Å². The number of azo groups is 1. The smallest absolute Gasteiger partial charge is 0.350 e. The van der Waals surface area contributed by atoms with Gasteiger partial charge in [0.2, 0.25) is 0 Å². The number of carbonyl (C=O) groups excluding carboxylic acids is 1. The van der Waals surface area contributed by atoms with Gasteiger partial charge < -0.3 is 9.64 Å². The molecule has 0 fully saturated rings. The molecule has 1 aromatic heterocycles. The number of ether oxygens (including phenoxy) is 1. The Morgan fingerprint density at radius 3 is 2.40 bits per heavy atom. The summed E-state index contributed by atoms with van der Waals surface area (Å²) in [5, 5.41) is 18.7. The number of hydrogen-bond acceptors (Lipinski definition) is 8. The monoisotopic (exact) mass is 362 g/mol. The largest absolute Gasteiger partial charge is 0.465 e. The van der Waals surface area contributed by atoms with Crippen LogP contribution in [0.4, 0.5) is 22.1 Å². The average Bonchev–Trinajstić information content (AvgIpc) is 3.06. The van der Waals surface area contributed by atoms with Gasteiger partial charge in [-0.15, -0.1) is 5.11 Å². The molecule has 1 heterocycles. The molecular weight excluding hydrogens is 344 g/mol. The number of carbonyl (C=O) groups is 1. The number of nitrogens with zero attached hydrogens (tertiary/aromatic N) is 4. The SMILES string of the molecule is CCN(CC)c1ccc(N=Nc2cc([N+](=O)[O-])sc2C(=O)OC)cc1. The normalized spacial score (nSPS) is 10.8. The molecule has 0 bridgehead atoms. The molecular formula is C16H18N4O4S. The Kier molecular flexibility index (Phi) is 6.18. The molecule has 2 rings (SSSR count). The molecule has 0 radical (unpaired) electrons. The first-order valence-corrected chi connectivity index (χ1v) is 8.45. The molecule has 0 aliphatic carbocycles. The summed E-state index contributed by atoms with van der Waals surface area (Å²) in [6.45, 7) is 5.96. The molecule has 0 saturated heterocycles. The van der Waals surface area contributed by atoms with Crippen molar-refractivity contribution in [2.24, 2.45) is 10.2 Å². The highest BCUT2D eigenvalue weighted by Crippen LogP contribution is 2.36. The third-order valence-electron chi connectivity index (χ3n) is 3.50. The van der Waals surface area contributed by atoms with E-state index in [1.165, 1.54) is 13.2 Å². The molecule has 0 N–H and O–H groups in total. The summed E-state index contributed by atoms with van der Waals surface area (Å²) in [6, 6.07) is 8.67. The topological polar surface area (TPSA) is 97.4 Å². The van der Waals surface area contributed by atoms with Crippen molar-refractivity contribution in [2.45, 2.75) is 13.8 Å². The first-order chi connectivity index (χ1) is 12.0. The summed E-state index contributed by atoms with van der Waals surface area (Å²) in [7, 11) is 1.21. The average molecular weight is 362 g/mol. The highest BCUT2D eigenvalue weighted by molar-refractivity contribution is 7.17. The molecule has 0 saturated carbocycles. The van der Waals surface area contributed by atoms with Gasteiger partial charge in [0.1, 0.15) is 10.6 Å². The van der Waals surface area contributed by atoms with Crippen LogP contribution in [0.5, 0.6) is 0 Å². The van der Waals surface area contributed by atoms with Crippen molar-refractivity contribution >= 4 is 39.4 Å². The van der Waals surface area contributed by atoms with Crippen molar-refractivity contribution in [3.8, 4) is 0 Å². The van der Waals surface area contributed by atoms with Crippen LogP contribution >= 0.6 is 11.3 Å². The molecule has 0 amide bonds. The number of anilines is 1. The van der Waals surface area contributed by atoms with Gasteiger partial charge in [-0.05, 0) is 38.1 Å². The molecule has 1 aromatic carbocycles. The van der Waals surface area contributed by atoms with Gasteiger partial charge in [-0.3, -0.25) is 10.1 Å². The summed E-state index contributed by atoms with van der Waals surface area (Å²) < 4.78 is 4.63. The van der Waals surface area contributed by atoms with E-state index in [9.17, 15) is 14.9 Å². The summed E-state index contributed by atoms with van der Waals surface area (Å²) in [6.07, 6.45) is 0. The third-order valence-corrected chi connectivity index (χ3v) is 4.56. The lowest BCUT2D eigenvalue weighted by molar-refractivity contribution is -0.380. The number of methoxy groups -OCH3 is 1. The Labute approximate surface area is 148 Å². The number of hydrogen-bond donors (Lipinski definition) is 0. The molecule has 0 aliphatic rings. The second-order valence-corrected chi connectivity index (χ2v) is 5.97. The fraction of sp³-hybridized carbons (Fsp3) is 0.312. The number of benzene rings is 1. The minimum absolute atomic E-state index is 0.0534. The van der Waals surface area contributed by atoms with Crippen LogP contribution in [-0.2, 0) is 4.74 Å². The number of esters is 1. The predicted molar refractivity (Wildman–Crippen MR) is 96.5 cm³/mol. The number of nitro groups is 1. The van der Waals surface area contributed by atoms with Gasteiger partial charge in [0.05, 0.1) is 23.8 Å². The van der Waals surface area contributed by atoms with Crippen molar-refractivity contribution in [3.63, 3.8) is 0 Å². The van der Waals surface area contributed by atoms with Crippen LogP contribution in [-0.4, -0.2) is 31.1 Å². The van der Waals surface area contributed by atoms with Crippen molar-refractivity contribution in [1.82, 2.24) is 0 Å². The zero-order valence-electron chi connectivity index (χ0n) is 14.1. The highest BCUT2D eigenvalue weighted by atomic mass is 32.1. The van der Waals surface area contributed by atoms with Crippen molar-refractivity contribution in [3.05, 3.63) is 45.3 Å². The van der Waals surface area contributed by atoms with Crippen LogP contribution < -0.4 is 4.90 Å². The minimum Gasteiger partial charge on any atom is -0.465 e. The van der Waals surface area contributed by atoms with Gasteiger partial charge in [-0.25, -0.2) is 4.79 Å². The second-order valence-electron chi connectivity index (χ2n) is 4.94. The standard InChI is InChI=1S/C16H18N4O4S/c1-4-19(5-2)12-8-6-11(7-9-12)17-18-13-10-14(20(22)23)25-15(13)16(21)24-3/h6-10H,4-5H2,1-3H3. The molecule has 0 spiro atoms. The fourth-order valence-electron chi connectivity index (χ4n) is 2.20. The van der Waals surface area contributed by atoms with E-state index in [-0.39, 0.29) is 15.6 Å². The second kappa shape index (κ2) is 8.34. The lowest BCUT2D eigenvalue weighted by Crippen LogP contribution is -2.21. The summed E-state index contributed by atoms with van der Waals surface area (Å²) in [5.41, 5.74) is 1.78. The lowest BCUT2D eigenvalue weighted by atomic mass is 10.2. The Bertz CT molecular complexity index is 782. The Morgan fingerprint density at radius 2 is 1.88 bits per heavy atom. The van der Waals surface area contributed by atoms with E-state index in [1.54, 1.807) is 12.1 Å². The van der Waals surface area contributed by atoms with Gasteiger partial charge in [-0.2, -0.15) is 5.11 Å². The van der Waals surface area contributed by atoms with Crippen LogP contribution in [0.2, 0.25) is 0 Å². The Balaban J connectivity index is 2.26. The quantitative estimate of drug-likeness (QED) is 0.308. The molecule has 0 unspecified atom stereocenters. The summed E-state index contributed by atoms with van der Waals surface area (Å²) in [4.78, 5) is 24.3. The lowest BCUT2D eigenvalue weighted by Gasteiger charge is -2.20. The molecule has 0 atom stereocenters. The molecule has 9 heteroatoms. The van der Waals surface area contributed by atoms with E-state index >= 15 is 0 Å². The van der Waals surface area contributed by atoms with Gasteiger partial charge in [0.25, 0.3) is 0 Å². The predicted octanol–water partition coefficient (Wildman–Crippen LogP) is 4.70. The molecule has 8 nitrogen and oxygen atoms in total. The third kappa shape index (κ3) is 4.38. The fourth-order valence-corrected chi connectivity index (χ4v) is 3.03. The van der Waals surface area contributed by atoms with E-state index in [4.69, 9.17) is 0 Å². The van der Waals surface area contributed by atoms with E-state index in [1.807, 2.05) is 12.1 Å². The van der Waals surface area contributed by atoms with Gasteiger partial charge in [0.15, 0.2) is 0 Å². The molecule has 0 aliphatic heterocycles. The molecule has 25 heavy (non-hydrogen) atoms. The first kappa shape index (κ1) is 18.5. The van der Waals surface area contributed by atoms with Gasteiger partial charge in [0, 0.05) is 18.8 Å². The van der Waals surface area contributed by atoms with Crippen molar-refractivity contribution in [2.75, 3.05) is 25.1 Å². The van der Waals surface area contributed by atoms with Gasteiger partial charge in [-0.1, -0.05) is 11.3 Å². The summed E-state index contributed by atoms with van der Waals surface area (Å²) >= 11 is 0.714. The summed E-state index contributed by atoms with van der Waals surface area (Å²) in [5.74, 6) is -0.677. The minimum atomic E-state index is -0.677. The van der Waals surface area contributed by atoms with Crippen molar-refractivity contribution < 1.29 is 14.5 Å².